The van der Waals surface area contributed by atoms with Gasteiger partial charge in [-0.05, 0) is 17.9 Å². The number of benzene rings is 1. The van der Waals surface area contributed by atoms with Crippen molar-refractivity contribution in [2.45, 2.75) is 46.1 Å². The van der Waals surface area contributed by atoms with Crippen molar-refractivity contribution in [3.05, 3.63) is 35.9 Å². The highest BCUT2D eigenvalue weighted by Crippen LogP contribution is 2.42. The highest BCUT2D eigenvalue weighted by Gasteiger charge is 2.50. The molecule has 1 heterocycles. The number of methoxy groups -OCH3 is 1. The molecule has 3 nitrogen and oxygen atoms in total. The minimum atomic E-state index is -0.500. The normalized spacial score (nSPS) is 25.9. The Morgan fingerprint density at radius 1 is 1.41 bits per heavy atom. The molecule has 1 saturated heterocycles. The van der Waals surface area contributed by atoms with Crippen LogP contribution in [0.3, 0.4) is 0 Å². The van der Waals surface area contributed by atoms with Gasteiger partial charge in [-0.3, -0.25) is 9.69 Å². The number of carbonyl (C=O) groups excluding carboxylic acids is 1. The summed E-state index contributed by atoms with van der Waals surface area (Å²) >= 11 is 0. The second-order valence-corrected chi connectivity index (χ2v) is 6.46. The molecule has 2 rings (SSSR count). The third-order valence-electron chi connectivity index (χ3n) is 4.83. The molecule has 122 valence electrons. The minimum absolute atomic E-state index is 0.0653. The second-order valence-electron chi connectivity index (χ2n) is 6.46. The van der Waals surface area contributed by atoms with Crippen molar-refractivity contribution in [2.75, 3.05) is 20.2 Å². The lowest BCUT2D eigenvalue weighted by Gasteiger charge is -2.30. The molecule has 0 saturated carbocycles. The Balaban J connectivity index is 2.13. The summed E-state index contributed by atoms with van der Waals surface area (Å²) in [6, 6.07) is 10.3. The summed E-state index contributed by atoms with van der Waals surface area (Å²) in [5.41, 5.74) is 0.755. The summed E-state index contributed by atoms with van der Waals surface area (Å²) in [5.74, 6) is -0.0584. The van der Waals surface area contributed by atoms with Gasteiger partial charge in [0, 0.05) is 21.0 Å². The molecule has 1 aliphatic rings. The molecule has 0 radical (unpaired) electrons. The lowest BCUT2D eigenvalue weighted by molar-refractivity contribution is -0.154. The third-order valence-corrected chi connectivity index (χ3v) is 4.83. The average Bonchev–Trinajstić information content (AvgIpc) is 2.94. The van der Waals surface area contributed by atoms with Gasteiger partial charge < -0.3 is 4.74 Å². The number of ether oxygens (including phenoxy) is 1. The van der Waals surface area contributed by atoms with E-state index in [0.29, 0.717) is 6.54 Å². The molecule has 0 N–H and O–H groups in total. The van der Waals surface area contributed by atoms with E-state index in [9.17, 15) is 4.79 Å². The summed E-state index contributed by atoms with van der Waals surface area (Å²) in [6.45, 7) is 4.81. The van der Waals surface area contributed by atoms with Crippen LogP contribution in [0.25, 0.3) is 0 Å². The number of nitrogens with zero attached hydrogens (tertiary/aromatic N) is 1. The van der Waals surface area contributed by atoms with E-state index in [4.69, 9.17) is 6.11 Å². The number of hydrogen-bond donors (Lipinski definition) is 0. The Morgan fingerprint density at radius 3 is 2.82 bits per heavy atom. The molecule has 0 spiro atoms. The first kappa shape index (κ1) is 15.5. The van der Waals surface area contributed by atoms with Gasteiger partial charge in [0.05, 0.1) is 12.5 Å². The SMILES string of the molecule is [2H]C[C@@H]1CN(Cc2ccccc2)C[C@]1(CCCCC)C(=O)OC. The Bertz CT molecular complexity index is 493. The summed E-state index contributed by atoms with van der Waals surface area (Å²) in [4.78, 5) is 14.9. The maximum Gasteiger partial charge on any atom is 0.313 e. The van der Waals surface area contributed by atoms with E-state index in [-0.39, 0.29) is 18.8 Å². The van der Waals surface area contributed by atoms with Gasteiger partial charge in [-0.1, -0.05) is 63.4 Å². The molecule has 3 heteroatoms. The van der Waals surface area contributed by atoms with Crippen molar-refractivity contribution in [3.63, 3.8) is 0 Å². The second kappa shape index (κ2) is 7.77. The quantitative estimate of drug-likeness (QED) is 0.565. The Labute approximate surface area is 136 Å². The summed E-state index contributed by atoms with van der Waals surface area (Å²) in [6.07, 6.45) is 4.13. The zero-order chi connectivity index (χ0) is 16.7. The molecule has 22 heavy (non-hydrogen) atoms. The highest BCUT2D eigenvalue weighted by atomic mass is 16.5. The van der Waals surface area contributed by atoms with Gasteiger partial charge in [-0.15, -0.1) is 0 Å². The van der Waals surface area contributed by atoms with Crippen LogP contribution < -0.4 is 0 Å². The molecule has 0 unspecified atom stereocenters. The van der Waals surface area contributed by atoms with Gasteiger partial charge in [-0.2, -0.15) is 0 Å². The summed E-state index contributed by atoms with van der Waals surface area (Å²) in [7, 11) is 1.48. The van der Waals surface area contributed by atoms with E-state index in [1.54, 1.807) is 0 Å². The third kappa shape index (κ3) is 3.70. The fourth-order valence-corrected chi connectivity index (χ4v) is 3.55. The molecule has 0 aliphatic carbocycles. The highest BCUT2D eigenvalue weighted by molar-refractivity contribution is 5.78. The molecule has 1 aliphatic heterocycles. The Kier molecular flexibility index (Phi) is 5.49. The maximum atomic E-state index is 12.6. The minimum Gasteiger partial charge on any atom is -0.469 e. The maximum absolute atomic E-state index is 12.6. The molecule has 1 fully saturated rings. The van der Waals surface area contributed by atoms with E-state index >= 15 is 0 Å². The predicted octanol–water partition coefficient (Wildman–Crippen LogP) is 3.88. The standard InChI is InChI=1S/C19H29NO2/c1-4-5-9-12-19(18(21)22-3)15-20(13-16(19)2)14-17-10-7-6-8-11-17/h6-8,10-11,16H,4-5,9,12-15H2,1-3H3/t16-,19+/m1/s1/i2D. The topological polar surface area (TPSA) is 29.5 Å². The van der Waals surface area contributed by atoms with Gasteiger partial charge >= 0.3 is 5.97 Å². The predicted molar refractivity (Wildman–Crippen MR) is 89.5 cm³/mol. The molecular weight excluding hydrogens is 274 g/mol. The molecule has 0 aromatic heterocycles. The number of rotatable bonds is 7. The molecule has 1 aromatic rings. The van der Waals surface area contributed by atoms with Crippen molar-refractivity contribution in [1.82, 2.24) is 4.90 Å². The van der Waals surface area contributed by atoms with Crippen molar-refractivity contribution in [1.29, 1.82) is 0 Å². The zero-order valence-electron chi connectivity index (χ0n) is 14.9. The van der Waals surface area contributed by atoms with Gasteiger partial charge in [0.1, 0.15) is 0 Å². The van der Waals surface area contributed by atoms with Gasteiger partial charge in [0.2, 0.25) is 0 Å². The van der Waals surface area contributed by atoms with Crippen LogP contribution in [0.4, 0.5) is 0 Å². The Morgan fingerprint density at radius 2 is 2.18 bits per heavy atom. The van der Waals surface area contributed by atoms with E-state index in [1.165, 1.54) is 12.7 Å². The van der Waals surface area contributed by atoms with Gasteiger partial charge in [0.15, 0.2) is 0 Å². The summed E-state index contributed by atoms with van der Waals surface area (Å²) < 4.78 is 13.1. The van der Waals surface area contributed by atoms with Gasteiger partial charge in [0.25, 0.3) is 0 Å². The fraction of sp³-hybridized carbons (Fsp3) is 0.632. The fourth-order valence-electron chi connectivity index (χ4n) is 3.55. The van der Waals surface area contributed by atoms with E-state index < -0.39 is 5.41 Å². The van der Waals surface area contributed by atoms with Crippen LogP contribution in [0.5, 0.6) is 0 Å². The molecule has 0 bridgehead atoms. The molecule has 2 atom stereocenters. The molecule has 1 aromatic carbocycles. The van der Waals surface area contributed by atoms with E-state index in [1.807, 2.05) is 18.2 Å². The van der Waals surface area contributed by atoms with Crippen LogP contribution >= 0.6 is 0 Å². The van der Waals surface area contributed by atoms with Crippen LogP contribution in [0, 0.1) is 11.3 Å². The number of unbranched alkanes of at least 4 members (excludes halogenated alkanes) is 2. The Hall–Kier alpha value is -1.35. The number of esters is 1. The van der Waals surface area contributed by atoms with Crippen molar-refractivity contribution in [3.8, 4) is 0 Å². The largest absolute Gasteiger partial charge is 0.469 e. The van der Waals surface area contributed by atoms with Crippen LogP contribution in [0.2, 0.25) is 0 Å². The smallest absolute Gasteiger partial charge is 0.313 e. The van der Waals surface area contributed by atoms with Crippen LogP contribution in [0.1, 0.15) is 46.4 Å². The first-order valence-electron chi connectivity index (χ1n) is 9.01. The average molecular weight is 304 g/mol. The van der Waals surface area contributed by atoms with E-state index in [0.717, 1.165) is 38.8 Å². The van der Waals surface area contributed by atoms with E-state index in [2.05, 4.69) is 24.0 Å². The number of carbonyl (C=O) groups is 1. The van der Waals surface area contributed by atoms with Crippen molar-refractivity contribution in [2.24, 2.45) is 11.3 Å². The van der Waals surface area contributed by atoms with Gasteiger partial charge in [-0.25, -0.2) is 0 Å². The first-order chi connectivity index (χ1) is 11.2. The zero-order valence-corrected chi connectivity index (χ0v) is 13.9. The van der Waals surface area contributed by atoms with Crippen molar-refractivity contribution < 1.29 is 10.9 Å². The first-order valence-corrected chi connectivity index (χ1v) is 8.30. The lowest BCUT2D eigenvalue weighted by atomic mass is 9.75. The molecular formula is C19H29NO2. The van der Waals surface area contributed by atoms with Crippen LogP contribution in [-0.2, 0) is 16.1 Å². The number of hydrogen-bond acceptors (Lipinski definition) is 3. The number of likely N-dealkylation sites (tertiary alicyclic amines) is 1. The monoisotopic (exact) mass is 304 g/mol. The lowest BCUT2D eigenvalue weighted by Crippen LogP contribution is -2.39. The van der Waals surface area contributed by atoms with Crippen LogP contribution in [0.15, 0.2) is 30.3 Å². The molecule has 0 amide bonds. The van der Waals surface area contributed by atoms with Crippen molar-refractivity contribution >= 4 is 5.97 Å². The van der Waals surface area contributed by atoms with Crippen LogP contribution in [-0.4, -0.2) is 31.1 Å². The summed E-state index contributed by atoms with van der Waals surface area (Å²) in [5, 5.41) is 0.